The lowest BCUT2D eigenvalue weighted by molar-refractivity contribution is -0.135. The minimum Gasteiger partial charge on any atom is -0.369 e. The summed E-state index contributed by atoms with van der Waals surface area (Å²) in [6, 6.07) is 0. The van der Waals surface area contributed by atoms with Gasteiger partial charge in [0.15, 0.2) is 0 Å². The first-order valence-corrected chi connectivity index (χ1v) is 4.89. The summed E-state index contributed by atoms with van der Waals surface area (Å²) in [4.78, 5) is 10.6. The molecule has 0 aromatic heterocycles. The van der Waals surface area contributed by atoms with Crippen molar-refractivity contribution < 1.29 is 18.0 Å². The van der Waals surface area contributed by atoms with E-state index in [1.807, 2.05) is 0 Å². The minimum absolute atomic E-state index is 0.113. The molecule has 0 saturated heterocycles. The highest BCUT2D eigenvalue weighted by Gasteiger charge is 2.25. The third-order valence-electron chi connectivity index (χ3n) is 2.00. The smallest absolute Gasteiger partial charge is 0.369 e. The van der Waals surface area contributed by atoms with Crippen LogP contribution in [0.1, 0.15) is 26.2 Å². The fourth-order valence-electron chi connectivity index (χ4n) is 0.995. The normalized spacial score (nSPS) is 13.9. The molecule has 3 nitrogen and oxygen atoms in total. The van der Waals surface area contributed by atoms with Crippen LogP contribution in [0.5, 0.6) is 0 Å². The van der Waals surface area contributed by atoms with Gasteiger partial charge in [-0.2, -0.15) is 13.2 Å². The second-order valence-electron chi connectivity index (χ2n) is 3.58. The van der Waals surface area contributed by atoms with Gasteiger partial charge in [0.2, 0.25) is 5.91 Å². The van der Waals surface area contributed by atoms with E-state index in [0.29, 0.717) is 19.5 Å². The number of halogens is 3. The van der Waals surface area contributed by atoms with Crippen LogP contribution in [0.2, 0.25) is 0 Å². The lowest BCUT2D eigenvalue weighted by Crippen LogP contribution is -2.31. The number of carbonyl (C=O) groups excluding carboxylic acids is 1. The number of rotatable bonds is 7. The average Bonchev–Trinajstić information content (AvgIpc) is 2.08. The van der Waals surface area contributed by atoms with Crippen molar-refractivity contribution in [3.05, 3.63) is 0 Å². The van der Waals surface area contributed by atoms with Crippen LogP contribution in [0.15, 0.2) is 0 Å². The van der Waals surface area contributed by atoms with Crippen LogP contribution in [0.4, 0.5) is 13.2 Å². The van der Waals surface area contributed by atoms with Crippen LogP contribution in [-0.2, 0) is 4.79 Å². The number of amides is 1. The summed E-state index contributed by atoms with van der Waals surface area (Å²) in [5.74, 6) is -0.689. The van der Waals surface area contributed by atoms with Crippen molar-refractivity contribution in [3.8, 4) is 0 Å². The summed E-state index contributed by atoms with van der Waals surface area (Å²) in [7, 11) is 0. The van der Waals surface area contributed by atoms with Crippen molar-refractivity contribution in [2.75, 3.05) is 13.1 Å². The van der Waals surface area contributed by atoms with Crippen LogP contribution in [0.3, 0.4) is 0 Å². The molecule has 0 spiro atoms. The van der Waals surface area contributed by atoms with Gasteiger partial charge in [-0.1, -0.05) is 6.92 Å². The second-order valence-corrected chi connectivity index (χ2v) is 3.58. The third-order valence-corrected chi connectivity index (χ3v) is 2.00. The molecule has 0 aliphatic heterocycles. The summed E-state index contributed by atoms with van der Waals surface area (Å²) >= 11 is 0. The number of alkyl halides is 3. The van der Waals surface area contributed by atoms with Gasteiger partial charge in [-0.05, 0) is 19.4 Å². The van der Waals surface area contributed by atoms with E-state index in [-0.39, 0.29) is 12.3 Å². The topological polar surface area (TPSA) is 55.1 Å². The number of unbranched alkanes of at least 4 members (excludes halogenated alkanes) is 1. The fraction of sp³-hybridized carbons (Fsp3) is 0.889. The second kappa shape index (κ2) is 6.66. The highest BCUT2D eigenvalue weighted by Crippen LogP contribution is 2.21. The fourth-order valence-corrected chi connectivity index (χ4v) is 0.995. The maximum Gasteiger partial charge on any atom is 0.389 e. The molecule has 6 heteroatoms. The average molecular weight is 226 g/mol. The molecule has 90 valence electrons. The molecule has 0 rings (SSSR count). The lowest BCUT2D eigenvalue weighted by atomic mass is 10.1. The van der Waals surface area contributed by atoms with Crippen molar-refractivity contribution >= 4 is 5.91 Å². The van der Waals surface area contributed by atoms with Crippen LogP contribution in [-0.4, -0.2) is 25.2 Å². The van der Waals surface area contributed by atoms with Gasteiger partial charge in [-0.3, -0.25) is 4.79 Å². The summed E-state index contributed by atoms with van der Waals surface area (Å²) in [6.45, 7) is 2.57. The Balaban J connectivity index is 3.29. The van der Waals surface area contributed by atoms with Gasteiger partial charge in [0, 0.05) is 18.9 Å². The lowest BCUT2D eigenvalue weighted by Gasteiger charge is -2.09. The predicted molar refractivity (Wildman–Crippen MR) is 51.1 cm³/mol. The molecule has 0 saturated carbocycles. The van der Waals surface area contributed by atoms with Gasteiger partial charge in [-0.15, -0.1) is 0 Å². The molecule has 0 aliphatic rings. The van der Waals surface area contributed by atoms with Gasteiger partial charge in [-0.25, -0.2) is 0 Å². The highest BCUT2D eigenvalue weighted by atomic mass is 19.4. The van der Waals surface area contributed by atoms with E-state index >= 15 is 0 Å². The van der Waals surface area contributed by atoms with Crippen molar-refractivity contribution in [2.45, 2.75) is 32.4 Å². The maximum atomic E-state index is 11.7. The molecule has 0 radical (unpaired) electrons. The number of hydrogen-bond donors (Lipinski definition) is 2. The Morgan fingerprint density at radius 1 is 1.40 bits per heavy atom. The largest absolute Gasteiger partial charge is 0.389 e. The molecule has 0 aliphatic carbocycles. The summed E-state index contributed by atoms with van der Waals surface area (Å²) < 4.78 is 35.2. The van der Waals surface area contributed by atoms with Crippen LogP contribution < -0.4 is 11.1 Å². The highest BCUT2D eigenvalue weighted by molar-refractivity contribution is 5.76. The Labute approximate surface area is 87.2 Å². The molecule has 3 N–H and O–H groups in total. The molecule has 1 unspecified atom stereocenters. The van der Waals surface area contributed by atoms with Gasteiger partial charge in [0.1, 0.15) is 0 Å². The monoisotopic (exact) mass is 226 g/mol. The Bertz CT molecular complexity index is 194. The quantitative estimate of drug-likeness (QED) is 0.645. The van der Waals surface area contributed by atoms with Gasteiger partial charge < -0.3 is 11.1 Å². The molecule has 0 aromatic carbocycles. The number of nitrogens with one attached hydrogen (secondary N) is 1. The van der Waals surface area contributed by atoms with Crippen LogP contribution >= 0.6 is 0 Å². The zero-order valence-electron chi connectivity index (χ0n) is 8.73. The first-order valence-electron chi connectivity index (χ1n) is 4.89. The molecule has 0 aromatic rings. The Kier molecular flexibility index (Phi) is 6.31. The zero-order chi connectivity index (χ0) is 11.9. The Morgan fingerprint density at radius 3 is 2.47 bits per heavy atom. The SMILES string of the molecule is CC(CNCCCCC(F)(F)F)C(N)=O. The Hall–Kier alpha value is -0.780. The number of primary amides is 1. The molecule has 1 amide bonds. The number of nitrogens with two attached hydrogens (primary N) is 1. The molecular weight excluding hydrogens is 209 g/mol. The molecule has 1 atom stereocenters. The number of hydrogen-bond acceptors (Lipinski definition) is 2. The van der Waals surface area contributed by atoms with Gasteiger partial charge >= 0.3 is 6.18 Å². The molecule has 0 fully saturated rings. The van der Waals surface area contributed by atoms with Crippen molar-refractivity contribution in [1.29, 1.82) is 0 Å². The predicted octanol–water partition coefficient (Wildman–Crippen LogP) is 1.43. The summed E-state index contributed by atoms with van der Waals surface area (Å²) in [5.41, 5.74) is 5.01. The van der Waals surface area contributed by atoms with E-state index in [1.54, 1.807) is 6.92 Å². The molecule has 0 bridgehead atoms. The van der Waals surface area contributed by atoms with Crippen molar-refractivity contribution in [3.63, 3.8) is 0 Å². The van der Waals surface area contributed by atoms with Crippen LogP contribution in [0.25, 0.3) is 0 Å². The van der Waals surface area contributed by atoms with E-state index in [1.165, 1.54) is 0 Å². The van der Waals surface area contributed by atoms with Crippen molar-refractivity contribution in [1.82, 2.24) is 5.32 Å². The summed E-state index contributed by atoms with van der Waals surface area (Å²) in [6.07, 6.45) is -4.26. The first kappa shape index (κ1) is 14.2. The molecule has 0 heterocycles. The van der Waals surface area contributed by atoms with Crippen molar-refractivity contribution in [2.24, 2.45) is 11.7 Å². The third kappa shape index (κ3) is 9.52. The minimum atomic E-state index is -4.07. The van der Waals surface area contributed by atoms with E-state index in [4.69, 9.17) is 5.73 Å². The summed E-state index contributed by atoms with van der Waals surface area (Å²) in [5, 5.41) is 2.88. The zero-order valence-corrected chi connectivity index (χ0v) is 8.73. The first-order chi connectivity index (χ1) is 6.83. The molecular formula is C9H17F3N2O. The van der Waals surface area contributed by atoms with E-state index in [0.717, 1.165) is 0 Å². The maximum absolute atomic E-state index is 11.7. The Morgan fingerprint density at radius 2 is 2.00 bits per heavy atom. The van der Waals surface area contributed by atoms with Gasteiger partial charge in [0.05, 0.1) is 0 Å². The van der Waals surface area contributed by atoms with E-state index < -0.39 is 18.5 Å². The molecule has 15 heavy (non-hydrogen) atoms. The van der Waals surface area contributed by atoms with Crippen LogP contribution in [0, 0.1) is 5.92 Å². The van der Waals surface area contributed by atoms with E-state index in [9.17, 15) is 18.0 Å². The van der Waals surface area contributed by atoms with E-state index in [2.05, 4.69) is 5.32 Å². The standard InChI is InChI=1S/C9H17F3N2O/c1-7(8(13)15)6-14-5-3-2-4-9(10,11)12/h7,14H,2-6H2,1H3,(H2,13,15). The number of carbonyl (C=O) groups is 1. The van der Waals surface area contributed by atoms with Gasteiger partial charge in [0.25, 0.3) is 0 Å².